The molecule has 0 aromatic heterocycles. The first-order valence-electron chi connectivity index (χ1n) is 8.17. The number of rotatable bonds is 4. The minimum absolute atomic E-state index is 0.00251. The number of carbonyl (C=O) groups excluding carboxylic acids is 3. The van der Waals surface area contributed by atoms with Crippen LogP contribution in [0.4, 0.5) is 5.69 Å². The fourth-order valence-corrected chi connectivity index (χ4v) is 3.73. The zero-order valence-corrected chi connectivity index (χ0v) is 18.3. The molecule has 0 N–H and O–H groups in total. The molecule has 1 atom stereocenters. The number of carbonyl (C=O) groups is 3. The standard InChI is InChI=1S/C19H14BrCl2NO6/c1-27-15(24)9-19(18(26)28-2)23(13-5-3-4-12(21)16(13)22)17(25)11-8-10(20)6-7-14(11)29-19/h3-8H,9H2,1-2H3. The van der Waals surface area contributed by atoms with Gasteiger partial charge in [0, 0.05) is 4.47 Å². The maximum atomic E-state index is 13.5. The van der Waals surface area contributed by atoms with Crippen LogP contribution in [0.25, 0.3) is 0 Å². The van der Waals surface area contributed by atoms with Gasteiger partial charge in [-0.25, -0.2) is 4.79 Å². The number of hydrogen-bond acceptors (Lipinski definition) is 6. The molecule has 3 rings (SSSR count). The number of anilines is 1. The monoisotopic (exact) mass is 501 g/mol. The molecule has 2 aromatic carbocycles. The lowest BCUT2D eigenvalue weighted by Gasteiger charge is -2.44. The van der Waals surface area contributed by atoms with E-state index in [1.54, 1.807) is 12.1 Å². The highest BCUT2D eigenvalue weighted by atomic mass is 79.9. The summed E-state index contributed by atoms with van der Waals surface area (Å²) in [6.07, 6.45) is -0.639. The van der Waals surface area contributed by atoms with Crippen molar-refractivity contribution in [2.75, 3.05) is 19.1 Å². The quantitative estimate of drug-likeness (QED) is 0.582. The number of esters is 2. The van der Waals surface area contributed by atoms with Crippen molar-refractivity contribution >= 4 is 62.7 Å². The molecule has 29 heavy (non-hydrogen) atoms. The molecule has 1 aliphatic rings. The largest absolute Gasteiger partial charge is 0.469 e. The number of benzene rings is 2. The molecule has 7 nitrogen and oxygen atoms in total. The number of hydrogen-bond donors (Lipinski definition) is 0. The lowest BCUT2D eigenvalue weighted by Crippen LogP contribution is -2.65. The van der Waals surface area contributed by atoms with E-state index >= 15 is 0 Å². The van der Waals surface area contributed by atoms with Gasteiger partial charge >= 0.3 is 11.9 Å². The van der Waals surface area contributed by atoms with E-state index in [9.17, 15) is 14.4 Å². The Kier molecular flexibility index (Phi) is 6.07. The molecule has 0 saturated carbocycles. The van der Waals surface area contributed by atoms with Crippen molar-refractivity contribution in [3.63, 3.8) is 0 Å². The van der Waals surface area contributed by atoms with Crippen LogP contribution < -0.4 is 9.64 Å². The van der Waals surface area contributed by atoms with Gasteiger partial charge in [0.25, 0.3) is 11.6 Å². The Morgan fingerprint density at radius 3 is 2.55 bits per heavy atom. The van der Waals surface area contributed by atoms with Crippen molar-refractivity contribution in [1.29, 1.82) is 0 Å². The van der Waals surface area contributed by atoms with Gasteiger partial charge < -0.3 is 14.2 Å². The molecule has 0 radical (unpaired) electrons. The summed E-state index contributed by atoms with van der Waals surface area (Å²) in [5.74, 6) is -2.32. The SMILES string of the molecule is COC(=O)CC1(C(=O)OC)Oc2ccc(Br)cc2C(=O)N1c1cccc(Cl)c1Cl. The molecule has 1 unspecified atom stereocenters. The summed E-state index contributed by atoms with van der Waals surface area (Å²) in [7, 11) is 2.27. The van der Waals surface area contributed by atoms with Gasteiger partial charge in [0.15, 0.2) is 0 Å². The van der Waals surface area contributed by atoms with Gasteiger partial charge in [0.1, 0.15) is 12.2 Å². The molecule has 0 fully saturated rings. The normalized spacial score (nSPS) is 18.0. The molecule has 0 aliphatic carbocycles. The van der Waals surface area contributed by atoms with E-state index < -0.39 is 30.0 Å². The van der Waals surface area contributed by atoms with Crippen molar-refractivity contribution in [2.24, 2.45) is 0 Å². The highest BCUT2D eigenvalue weighted by molar-refractivity contribution is 9.10. The first-order valence-corrected chi connectivity index (χ1v) is 9.72. The molecule has 2 aromatic rings. The summed E-state index contributed by atoms with van der Waals surface area (Å²) in [5.41, 5.74) is -1.96. The van der Waals surface area contributed by atoms with E-state index in [1.165, 1.54) is 24.3 Å². The maximum absolute atomic E-state index is 13.5. The molecule has 152 valence electrons. The highest BCUT2D eigenvalue weighted by Gasteiger charge is 2.57. The Balaban J connectivity index is 2.33. The lowest BCUT2D eigenvalue weighted by molar-refractivity contribution is -0.166. The number of nitrogens with zero attached hydrogens (tertiary/aromatic N) is 1. The van der Waals surface area contributed by atoms with Crippen LogP contribution in [-0.2, 0) is 19.1 Å². The van der Waals surface area contributed by atoms with Crippen LogP contribution in [0.2, 0.25) is 10.0 Å². The van der Waals surface area contributed by atoms with Crippen molar-refractivity contribution < 1.29 is 28.6 Å². The van der Waals surface area contributed by atoms with Gasteiger partial charge in [-0.2, -0.15) is 0 Å². The van der Waals surface area contributed by atoms with Crippen LogP contribution in [0.1, 0.15) is 16.8 Å². The second-order valence-corrected chi connectivity index (χ2v) is 7.69. The summed E-state index contributed by atoms with van der Waals surface area (Å²) in [6.45, 7) is 0. The van der Waals surface area contributed by atoms with Gasteiger partial charge in [0.2, 0.25) is 0 Å². The van der Waals surface area contributed by atoms with E-state index in [4.69, 9.17) is 37.4 Å². The number of amides is 1. The number of halogens is 3. The topological polar surface area (TPSA) is 82.1 Å². The predicted octanol–water partition coefficient (Wildman–Crippen LogP) is 4.23. The summed E-state index contributed by atoms with van der Waals surface area (Å²) in [6, 6.07) is 9.22. The van der Waals surface area contributed by atoms with Gasteiger partial charge in [-0.1, -0.05) is 45.2 Å². The second kappa shape index (κ2) is 8.22. The van der Waals surface area contributed by atoms with Gasteiger partial charge in [-0.15, -0.1) is 0 Å². The fraction of sp³-hybridized carbons (Fsp3) is 0.211. The zero-order chi connectivity index (χ0) is 21.3. The number of methoxy groups -OCH3 is 2. The number of ether oxygens (including phenoxy) is 3. The smallest absolute Gasteiger partial charge is 0.373 e. The van der Waals surface area contributed by atoms with Crippen LogP contribution in [-0.4, -0.2) is 37.8 Å². The summed E-state index contributed by atoms with van der Waals surface area (Å²) in [4.78, 5) is 39.6. The van der Waals surface area contributed by atoms with E-state index in [1.807, 2.05) is 0 Å². The van der Waals surface area contributed by atoms with E-state index in [-0.39, 0.29) is 27.0 Å². The molecular weight excluding hydrogens is 489 g/mol. The first kappa shape index (κ1) is 21.4. The Labute approximate surface area is 184 Å². The molecule has 0 saturated heterocycles. The third kappa shape index (κ3) is 3.68. The van der Waals surface area contributed by atoms with Crippen molar-refractivity contribution in [1.82, 2.24) is 0 Å². The van der Waals surface area contributed by atoms with Gasteiger partial charge in [0.05, 0.1) is 35.5 Å². The molecule has 0 spiro atoms. The van der Waals surface area contributed by atoms with Crippen LogP contribution in [0.15, 0.2) is 40.9 Å². The van der Waals surface area contributed by atoms with Gasteiger partial charge in [-0.3, -0.25) is 14.5 Å². The van der Waals surface area contributed by atoms with Crippen LogP contribution in [0.5, 0.6) is 5.75 Å². The fourth-order valence-electron chi connectivity index (χ4n) is 2.99. The molecular formula is C19H14BrCl2NO6. The van der Waals surface area contributed by atoms with Crippen molar-refractivity contribution in [3.05, 3.63) is 56.5 Å². The molecule has 1 heterocycles. The average molecular weight is 503 g/mol. The zero-order valence-electron chi connectivity index (χ0n) is 15.2. The van der Waals surface area contributed by atoms with Crippen molar-refractivity contribution in [2.45, 2.75) is 12.1 Å². The van der Waals surface area contributed by atoms with Crippen LogP contribution >= 0.6 is 39.1 Å². The molecule has 0 bridgehead atoms. The Morgan fingerprint density at radius 2 is 1.90 bits per heavy atom. The number of fused-ring (bicyclic) bond motifs is 1. The van der Waals surface area contributed by atoms with E-state index in [2.05, 4.69) is 15.9 Å². The molecule has 1 amide bonds. The van der Waals surface area contributed by atoms with Gasteiger partial charge in [-0.05, 0) is 30.3 Å². The maximum Gasteiger partial charge on any atom is 0.373 e. The Bertz CT molecular complexity index is 1010. The Hall–Kier alpha value is -2.29. The van der Waals surface area contributed by atoms with Crippen molar-refractivity contribution in [3.8, 4) is 5.75 Å². The minimum atomic E-state index is -2.19. The highest BCUT2D eigenvalue weighted by Crippen LogP contribution is 2.44. The second-order valence-electron chi connectivity index (χ2n) is 5.98. The third-order valence-electron chi connectivity index (χ3n) is 4.30. The van der Waals surface area contributed by atoms with E-state index in [0.29, 0.717) is 4.47 Å². The lowest BCUT2D eigenvalue weighted by atomic mass is 9.99. The van der Waals surface area contributed by atoms with Crippen LogP contribution in [0, 0.1) is 0 Å². The third-order valence-corrected chi connectivity index (χ3v) is 5.61. The summed E-state index contributed by atoms with van der Waals surface area (Å²) >= 11 is 15.8. The first-order chi connectivity index (χ1) is 13.7. The molecule has 1 aliphatic heterocycles. The van der Waals surface area contributed by atoms with Crippen LogP contribution in [0.3, 0.4) is 0 Å². The summed E-state index contributed by atoms with van der Waals surface area (Å²) in [5, 5.41) is 0.150. The van der Waals surface area contributed by atoms with E-state index in [0.717, 1.165) is 19.1 Å². The predicted molar refractivity (Wildman–Crippen MR) is 109 cm³/mol. The summed E-state index contributed by atoms with van der Waals surface area (Å²) < 4.78 is 16.2. The Morgan fingerprint density at radius 1 is 1.17 bits per heavy atom. The minimum Gasteiger partial charge on any atom is -0.469 e. The molecule has 10 heteroatoms. The average Bonchev–Trinajstić information content (AvgIpc) is 2.70.